The third kappa shape index (κ3) is 2.44. The summed E-state index contributed by atoms with van der Waals surface area (Å²) < 4.78 is 6.18. The lowest BCUT2D eigenvalue weighted by Gasteiger charge is -2.29. The molecular weight excluding hydrogens is 382 g/mol. The van der Waals surface area contributed by atoms with Crippen LogP contribution in [0.1, 0.15) is 12.8 Å². The number of fused-ring (bicyclic) bond motifs is 4. The number of para-hydroxylation sites is 1. The molecule has 27 heavy (non-hydrogen) atoms. The number of anilines is 2. The van der Waals surface area contributed by atoms with Gasteiger partial charge in [0.25, 0.3) is 5.91 Å². The second kappa shape index (κ2) is 5.97. The van der Waals surface area contributed by atoms with Gasteiger partial charge in [-0.15, -0.1) is 0 Å². The van der Waals surface area contributed by atoms with E-state index in [4.69, 9.17) is 4.74 Å². The number of hydrogen-bond acceptors (Lipinski definition) is 6. The molecule has 0 saturated carbocycles. The molecule has 1 N–H and O–H groups in total. The Bertz CT molecular complexity index is 1100. The SMILES string of the molecule is COc1ccc2nc(NC(=O)C34CCC(=O)N3c3ccccc3S4)sc2c1. The maximum atomic E-state index is 13.2. The van der Waals surface area contributed by atoms with Crippen LogP contribution in [-0.4, -0.2) is 28.8 Å². The molecule has 0 spiro atoms. The molecule has 8 heteroatoms. The van der Waals surface area contributed by atoms with Crippen LogP contribution in [0.5, 0.6) is 5.75 Å². The van der Waals surface area contributed by atoms with Gasteiger partial charge in [-0.25, -0.2) is 4.98 Å². The molecule has 1 atom stereocenters. The molecule has 1 unspecified atom stereocenters. The lowest BCUT2D eigenvalue weighted by molar-refractivity contribution is -0.121. The fraction of sp³-hybridized carbons (Fsp3) is 0.211. The number of nitrogens with one attached hydrogen (secondary N) is 1. The quantitative estimate of drug-likeness (QED) is 0.726. The van der Waals surface area contributed by atoms with Gasteiger partial charge in [0.2, 0.25) is 5.91 Å². The monoisotopic (exact) mass is 397 g/mol. The minimum Gasteiger partial charge on any atom is -0.497 e. The normalized spacial score (nSPS) is 20.6. The number of thiazole rings is 1. The molecule has 2 aromatic carbocycles. The highest BCUT2D eigenvalue weighted by atomic mass is 32.2. The number of ether oxygens (including phenoxy) is 1. The number of amides is 2. The minimum atomic E-state index is -0.934. The van der Waals surface area contributed by atoms with E-state index in [9.17, 15) is 9.59 Å². The van der Waals surface area contributed by atoms with Crippen molar-refractivity contribution < 1.29 is 14.3 Å². The molecule has 5 rings (SSSR count). The van der Waals surface area contributed by atoms with E-state index in [1.807, 2.05) is 42.5 Å². The number of hydrogen-bond donors (Lipinski definition) is 1. The molecule has 6 nitrogen and oxygen atoms in total. The molecule has 2 amide bonds. The van der Waals surface area contributed by atoms with Crippen LogP contribution in [0.15, 0.2) is 47.4 Å². The van der Waals surface area contributed by atoms with Crippen molar-refractivity contribution in [1.82, 2.24) is 4.98 Å². The van der Waals surface area contributed by atoms with E-state index in [2.05, 4.69) is 10.3 Å². The van der Waals surface area contributed by atoms with Crippen LogP contribution < -0.4 is 15.0 Å². The second-order valence-electron chi connectivity index (χ2n) is 6.39. The molecule has 136 valence electrons. The first kappa shape index (κ1) is 16.6. The van der Waals surface area contributed by atoms with Crippen molar-refractivity contribution in [2.45, 2.75) is 22.6 Å². The molecule has 2 aliphatic heterocycles. The van der Waals surface area contributed by atoms with Gasteiger partial charge in [-0.05, 0) is 36.8 Å². The van der Waals surface area contributed by atoms with Crippen LogP contribution in [0.25, 0.3) is 10.2 Å². The van der Waals surface area contributed by atoms with Gasteiger partial charge in [0, 0.05) is 11.3 Å². The standard InChI is InChI=1S/C19H15N3O3S2/c1-25-11-6-7-12-15(10-11)26-18(20-12)21-17(24)19-9-8-16(23)22(19)13-4-2-3-5-14(13)27-19/h2-7,10H,8-9H2,1H3,(H,20,21,24). The summed E-state index contributed by atoms with van der Waals surface area (Å²) in [4.78, 5) is 31.9. The number of carbonyl (C=O) groups excluding carboxylic acids is 2. The number of methoxy groups -OCH3 is 1. The smallest absolute Gasteiger partial charge is 0.263 e. The zero-order valence-corrected chi connectivity index (χ0v) is 16.0. The molecule has 1 saturated heterocycles. The summed E-state index contributed by atoms with van der Waals surface area (Å²) in [5, 5.41) is 3.46. The maximum Gasteiger partial charge on any atom is 0.263 e. The highest BCUT2D eigenvalue weighted by Crippen LogP contribution is 2.56. The minimum absolute atomic E-state index is 0.0170. The number of nitrogens with zero attached hydrogens (tertiary/aromatic N) is 2. The summed E-state index contributed by atoms with van der Waals surface area (Å²) in [5.74, 6) is 0.522. The Kier molecular flexibility index (Phi) is 3.66. The third-order valence-electron chi connectivity index (χ3n) is 4.84. The van der Waals surface area contributed by atoms with Gasteiger partial charge >= 0.3 is 0 Å². The van der Waals surface area contributed by atoms with Gasteiger partial charge in [-0.3, -0.25) is 19.8 Å². The van der Waals surface area contributed by atoms with Crippen LogP contribution in [-0.2, 0) is 9.59 Å². The number of thioether (sulfide) groups is 1. The molecule has 1 fully saturated rings. The van der Waals surface area contributed by atoms with Crippen molar-refractivity contribution in [3.8, 4) is 5.75 Å². The van der Waals surface area contributed by atoms with E-state index < -0.39 is 4.87 Å². The topological polar surface area (TPSA) is 71.5 Å². The predicted molar refractivity (Wildman–Crippen MR) is 107 cm³/mol. The number of aromatic nitrogens is 1. The first-order valence-electron chi connectivity index (χ1n) is 8.48. The Morgan fingerprint density at radius 2 is 2.15 bits per heavy atom. The van der Waals surface area contributed by atoms with E-state index in [1.165, 1.54) is 23.1 Å². The van der Waals surface area contributed by atoms with Crippen LogP contribution in [0.3, 0.4) is 0 Å². The highest BCUT2D eigenvalue weighted by Gasteiger charge is 2.57. The number of rotatable bonds is 3. The van der Waals surface area contributed by atoms with E-state index >= 15 is 0 Å². The van der Waals surface area contributed by atoms with Crippen molar-refractivity contribution in [1.29, 1.82) is 0 Å². The van der Waals surface area contributed by atoms with E-state index in [1.54, 1.807) is 12.0 Å². The predicted octanol–water partition coefficient (Wildman–Crippen LogP) is 3.87. The van der Waals surface area contributed by atoms with Crippen LogP contribution in [0.4, 0.5) is 10.8 Å². The van der Waals surface area contributed by atoms with Crippen LogP contribution in [0.2, 0.25) is 0 Å². The molecule has 1 aromatic heterocycles. The zero-order chi connectivity index (χ0) is 18.6. The highest BCUT2D eigenvalue weighted by molar-refractivity contribution is 8.02. The third-order valence-corrected chi connectivity index (χ3v) is 7.25. The fourth-order valence-electron chi connectivity index (χ4n) is 3.58. The van der Waals surface area contributed by atoms with E-state index in [-0.39, 0.29) is 11.8 Å². The molecular formula is C19H15N3O3S2. The molecule has 2 aliphatic rings. The average Bonchev–Trinajstić information content (AvgIpc) is 3.32. The Hall–Kier alpha value is -2.58. The average molecular weight is 397 g/mol. The van der Waals surface area contributed by atoms with Crippen molar-refractivity contribution in [2.75, 3.05) is 17.3 Å². The number of carbonyl (C=O) groups is 2. The summed E-state index contributed by atoms with van der Waals surface area (Å²) in [6.07, 6.45) is 0.849. The Morgan fingerprint density at radius 3 is 3.00 bits per heavy atom. The van der Waals surface area contributed by atoms with Crippen molar-refractivity contribution in [2.24, 2.45) is 0 Å². The molecule has 0 bridgehead atoms. The second-order valence-corrected chi connectivity index (χ2v) is 8.74. The molecule has 3 heterocycles. The van der Waals surface area contributed by atoms with E-state index in [0.717, 1.165) is 26.5 Å². The lowest BCUT2D eigenvalue weighted by atomic mass is 10.2. The Balaban J connectivity index is 1.48. The first-order chi connectivity index (χ1) is 13.1. The van der Waals surface area contributed by atoms with E-state index in [0.29, 0.717) is 18.0 Å². The van der Waals surface area contributed by atoms with Gasteiger partial charge < -0.3 is 4.74 Å². The molecule has 0 aliphatic carbocycles. The Labute approximate surface area is 163 Å². The Morgan fingerprint density at radius 1 is 1.30 bits per heavy atom. The summed E-state index contributed by atoms with van der Waals surface area (Å²) in [6, 6.07) is 13.3. The zero-order valence-electron chi connectivity index (χ0n) is 14.4. The van der Waals surface area contributed by atoms with Crippen molar-refractivity contribution in [3.05, 3.63) is 42.5 Å². The fourth-order valence-corrected chi connectivity index (χ4v) is 5.88. The first-order valence-corrected chi connectivity index (χ1v) is 10.1. The van der Waals surface area contributed by atoms with Gasteiger partial charge in [0.05, 0.1) is 23.0 Å². The van der Waals surface area contributed by atoms with Crippen LogP contribution in [0, 0.1) is 0 Å². The lowest BCUT2D eigenvalue weighted by Crippen LogP contribution is -2.49. The van der Waals surface area contributed by atoms with Gasteiger partial charge in [0.1, 0.15) is 5.75 Å². The molecule has 3 aromatic rings. The van der Waals surface area contributed by atoms with Gasteiger partial charge in [-0.1, -0.05) is 35.2 Å². The number of benzene rings is 2. The largest absolute Gasteiger partial charge is 0.497 e. The van der Waals surface area contributed by atoms with Crippen molar-refractivity contribution >= 4 is 55.9 Å². The molecule has 0 radical (unpaired) electrons. The van der Waals surface area contributed by atoms with Crippen molar-refractivity contribution in [3.63, 3.8) is 0 Å². The van der Waals surface area contributed by atoms with Crippen LogP contribution >= 0.6 is 23.1 Å². The maximum absolute atomic E-state index is 13.2. The summed E-state index contributed by atoms with van der Waals surface area (Å²) in [5.41, 5.74) is 1.62. The summed E-state index contributed by atoms with van der Waals surface area (Å²) in [6.45, 7) is 0. The van der Waals surface area contributed by atoms with Gasteiger partial charge in [0.15, 0.2) is 10.0 Å². The summed E-state index contributed by atoms with van der Waals surface area (Å²) >= 11 is 2.84. The summed E-state index contributed by atoms with van der Waals surface area (Å²) in [7, 11) is 1.62. The van der Waals surface area contributed by atoms with Gasteiger partial charge in [-0.2, -0.15) is 0 Å².